The molecule has 0 aromatic heterocycles. The molecule has 0 spiro atoms. The Labute approximate surface area is 118 Å². The van der Waals surface area contributed by atoms with Crippen molar-refractivity contribution >= 4 is 16.2 Å². The third kappa shape index (κ3) is 4.06. The zero-order chi connectivity index (χ0) is 14.8. The third-order valence-corrected chi connectivity index (χ3v) is 3.66. The predicted octanol–water partition coefficient (Wildman–Crippen LogP) is 0.576. The minimum absolute atomic E-state index is 0.0577. The van der Waals surface area contributed by atoms with Crippen molar-refractivity contribution in [2.45, 2.75) is 13.5 Å². The molecule has 2 rings (SSSR count). The van der Waals surface area contributed by atoms with Gasteiger partial charge in [0.2, 0.25) is 0 Å². The number of halogens is 1. The molecule has 8 heteroatoms. The van der Waals surface area contributed by atoms with E-state index in [4.69, 9.17) is 5.73 Å². The Bertz CT molecular complexity index is 586. The summed E-state index contributed by atoms with van der Waals surface area (Å²) < 4.78 is 38.2. The lowest BCUT2D eigenvalue weighted by atomic mass is 10.1. The molecule has 1 saturated heterocycles. The van der Waals surface area contributed by atoms with Gasteiger partial charge in [-0.3, -0.25) is 4.90 Å². The number of piperazine rings is 1. The summed E-state index contributed by atoms with van der Waals surface area (Å²) in [5.41, 5.74) is 7.49. The van der Waals surface area contributed by atoms with Crippen LogP contribution in [0.3, 0.4) is 0 Å². The number of nitrogen functional groups attached to an aromatic ring is 1. The Kier molecular flexibility index (Phi) is 4.46. The highest BCUT2D eigenvalue weighted by Gasteiger charge is 2.17. The van der Waals surface area contributed by atoms with E-state index >= 15 is 0 Å². The van der Waals surface area contributed by atoms with Gasteiger partial charge in [0.15, 0.2) is 5.75 Å². The van der Waals surface area contributed by atoms with Gasteiger partial charge in [0.05, 0.1) is 0 Å². The van der Waals surface area contributed by atoms with E-state index in [-0.39, 0.29) is 5.75 Å². The first-order valence-corrected chi connectivity index (χ1v) is 7.62. The molecular weight excluding hydrogens is 285 g/mol. The monoisotopic (exact) mass is 303 g/mol. The molecule has 3 N–H and O–H groups in total. The van der Waals surface area contributed by atoms with E-state index in [1.165, 1.54) is 6.07 Å². The van der Waals surface area contributed by atoms with Gasteiger partial charge in [-0.2, -0.15) is 8.42 Å². The molecular formula is C12H18FN3O3S. The molecule has 1 aromatic carbocycles. The zero-order valence-corrected chi connectivity index (χ0v) is 12.0. The Balaban J connectivity index is 2.23. The Hall–Kier alpha value is -1.38. The molecule has 1 aliphatic rings. The van der Waals surface area contributed by atoms with Crippen LogP contribution in [-0.2, 0) is 17.0 Å². The number of nitrogens with one attached hydrogen (secondary N) is 1. The summed E-state index contributed by atoms with van der Waals surface area (Å²) in [7, 11) is -5.05. The highest BCUT2D eigenvalue weighted by molar-refractivity contribution is 7.81. The van der Waals surface area contributed by atoms with Gasteiger partial charge in [-0.05, 0) is 24.1 Å². The van der Waals surface area contributed by atoms with Crippen molar-refractivity contribution < 1.29 is 16.5 Å². The van der Waals surface area contributed by atoms with Crippen LogP contribution >= 0.6 is 0 Å². The molecule has 0 amide bonds. The highest BCUT2D eigenvalue weighted by Crippen LogP contribution is 2.28. The van der Waals surface area contributed by atoms with Gasteiger partial charge < -0.3 is 15.2 Å². The summed E-state index contributed by atoms with van der Waals surface area (Å²) in [5, 5.41) is 3.25. The SMILES string of the molecule is Cc1c(CN2CCNCC2)cc(N)cc1OS(=O)(=O)F. The molecule has 0 saturated carbocycles. The fourth-order valence-corrected chi connectivity index (χ4v) is 2.62. The molecule has 1 aliphatic heterocycles. The van der Waals surface area contributed by atoms with Gasteiger partial charge in [-0.25, -0.2) is 0 Å². The van der Waals surface area contributed by atoms with Crippen molar-refractivity contribution in [2.75, 3.05) is 31.9 Å². The predicted molar refractivity (Wildman–Crippen MR) is 74.4 cm³/mol. The number of nitrogens with zero attached hydrogens (tertiary/aromatic N) is 1. The quantitative estimate of drug-likeness (QED) is 0.625. The second-order valence-electron chi connectivity index (χ2n) is 4.81. The summed E-state index contributed by atoms with van der Waals surface area (Å²) >= 11 is 0. The first-order valence-electron chi connectivity index (χ1n) is 6.31. The molecule has 112 valence electrons. The molecule has 1 heterocycles. The standard InChI is InChI=1S/C12H18FN3O3S/c1-9-10(8-16-4-2-15-3-5-16)6-11(14)7-12(9)19-20(13,17)18/h6-7,15H,2-5,8,14H2,1H3. The molecule has 0 bridgehead atoms. The van der Waals surface area contributed by atoms with E-state index in [1.54, 1.807) is 13.0 Å². The maximum atomic E-state index is 12.7. The average molecular weight is 303 g/mol. The van der Waals surface area contributed by atoms with Crippen LogP contribution in [0.5, 0.6) is 5.75 Å². The van der Waals surface area contributed by atoms with Gasteiger partial charge in [-0.15, -0.1) is 0 Å². The molecule has 0 aliphatic carbocycles. The maximum absolute atomic E-state index is 12.7. The number of benzene rings is 1. The molecule has 0 atom stereocenters. The van der Waals surface area contributed by atoms with Crippen LogP contribution in [0.4, 0.5) is 9.57 Å². The van der Waals surface area contributed by atoms with Crippen LogP contribution in [0.1, 0.15) is 11.1 Å². The summed E-state index contributed by atoms with van der Waals surface area (Å²) in [5.74, 6) is -0.0577. The second kappa shape index (κ2) is 5.94. The fourth-order valence-electron chi connectivity index (χ4n) is 2.24. The van der Waals surface area contributed by atoms with E-state index in [2.05, 4.69) is 14.4 Å². The van der Waals surface area contributed by atoms with Crippen molar-refractivity contribution in [3.63, 3.8) is 0 Å². The number of hydrogen-bond acceptors (Lipinski definition) is 6. The smallest absolute Gasteiger partial charge is 0.399 e. The van der Waals surface area contributed by atoms with Crippen LogP contribution < -0.4 is 15.2 Å². The Morgan fingerprint density at radius 1 is 1.40 bits per heavy atom. The number of nitrogens with two attached hydrogens (primary N) is 1. The fraction of sp³-hybridized carbons (Fsp3) is 0.500. The van der Waals surface area contributed by atoms with Crippen molar-refractivity contribution in [3.05, 3.63) is 23.3 Å². The first kappa shape index (κ1) is 15.0. The number of hydrogen-bond donors (Lipinski definition) is 2. The van der Waals surface area contributed by atoms with Crippen LogP contribution in [0.25, 0.3) is 0 Å². The average Bonchev–Trinajstić information content (AvgIpc) is 2.34. The van der Waals surface area contributed by atoms with E-state index in [1.807, 2.05) is 0 Å². The Morgan fingerprint density at radius 2 is 2.05 bits per heavy atom. The number of rotatable bonds is 4. The second-order valence-corrected chi connectivity index (χ2v) is 5.76. The van der Waals surface area contributed by atoms with Gasteiger partial charge in [0, 0.05) is 44.5 Å². The lowest BCUT2D eigenvalue weighted by Gasteiger charge is -2.28. The lowest BCUT2D eigenvalue weighted by molar-refractivity contribution is 0.232. The van der Waals surface area contributed by atoms with Crippen molar-refractivity contribution in [2.24, 2.45) is 0 Å². The van der Waals surface area contributed by atoms with Crippen LogP contribution in [-0.4, -0.2) is 39.5 Å². The molecule has 20 heavy (non-hydrogen) atoms. The van der Waals surface area contributed by atoms with Crippen LogP contribution in [0.2, 0.25) is 0 Å². The first-order chi connectivity index (χ1) is 9.35. The minimum Gasteiger partial charge on any atom is -0.399 e. The summed E-state index contributed by atoms with van der Waals surface area (Å²) in [4.78, 5) is 2.21. The van der Waals surface area contributed by atoms with E-state index < -0.39 is 10.5 Å². The molecule has 0 radical (unpaired) electrons. The largest absolute Gasteiger partial charge is 0.488 e. The van der Waals surface area contributed by atoms with Crippen molar-refractivity contribution in [1.29, 1.82) is 0 Å². The van der Waals surface area contributed by atoms with Crippen molar-refractivity contribution in [3.8, 4) is 5.75 Å². The lowest BCUT2D eigenvalue weighted by Crippen LogP contribution is -2.43. The third-order valence-electron chi connectivity index (χ3n) is 3.28. The van der Waals surface area contributed by atoms with Gasteiger partial charge >= 0.3 is 10.5 Å². The minimum atomic E-state index is -5.05. The van der Waals surface area contributed by atoms with E-state index in [0.717, 1.165) is 31.7 Å². The topological polar surface area (TPSA) is 84.7 Å². The van der Waals surface area contributed by atoms with E-state index in [0.29, 0.717) is 17.8 Å². The summed E-state index contributed by atoms with van der Waals surface area (Å²) in [6, 6.07) is 3.07. The maximum Gasteiger partial charge on any atom is 0.488 e. The van der Waals surface area contributed by atoms with E-state index in [9.17, 15) is 12.3 Å². The Morgan fingerprint density at radius 3 is 2.65 bits per heavy atom. The van der Waals surface area contributed by atoms with Gasteiger partial charge in [-0.1, -0.05) is 3.89 Å². The van der Waals surface area contributed by atoms with Gasteiger partial charge in [0.1, 0.15) is 0 Å². The van der Waals surface area contributed by atoms with Crippen LogP contribution in [0, 0.1) is 6.92 Å². The summed E-state index contributed by atoms with van der Waals surface area (Å²) in [6.45, 7) is 5.92. The molecule has 1 aromatic rings. The molecule has 6 nitrogen and oxygen atoms in total. The van der Waals surface area contributed by atoms with Crippen LogP contribution in [0.15, 0.2) is 12.1 Å². The zero-order valence-electron chi connectivity index (χ0n) is 11.2. The van der Waals surface area contributed by atoms with Gasteiger partial charge in [0.25, 0.3) is 0 Å². The number of anilines is 1. The normalized spacial score (nSPS) is 17.1. The highest BCUT2D eigenvalue weighted by atomic mass is 32.3. The molecule has 0 unspecified atom stereocenters. The van der Waals surface area contributed by atoms with Crippen molar-refractivity contribution in [1.82, 2.24) is 10.2 Å². The molecule has 1 fully saturated rings. The summed E-state index contributed by atoms with van der Waals surface area (Å²) in [6.07, 6.45) is 0.